The predicted octanol–water partition coefficient (Wildman–Crippen LogP) is 2.59. The van der Waals surface area contributed by atoms with Crippen LogP contribution in [0, 0.1) is 0 Å². The van der Waals surface area contributed by atoms with E-state index < -0.39 is 5.97 Å². The van der Waals surface area contributed by atoms with Crippen LogP contribution in [0.4, 0.5) is 0 Å². The van der Waals surface area contributed by atoms with Crippen LogP contribution in [0.2, 0.25) is 0 Å². The molecule has 1 aromatic heterocycles. The molecule has 0 bridgehead atoms. The number of nitrogens with one attached hydrogen (secondary N) is 1. The molecule has 1 aromatic carbocycles. The number of hydrogen-bond donors (Lipinski definition) is 1. The molecule has 1 amide bonds. The minimum atomic E-state index is -0.460. The molecule has 1 aliphatic heterocycles. The van der Waals surface area contributed by atoms with E-state index in [0.717, 1.165) is 30.5 Å². The topological polar surface area (TPSA) is 99.5 Å². The van der Waals surface area contributed by atoms with Crippen molar-refractivity contribution in [3.8, 4) is 0 Å². The Labute approximate surface area is 181 Å². The molecule has 1 aliphatic rings. The molecule has 8 heteroatoms. The van der Waals surface area contributed by atoms with E-state index in [1.807, 2.05) is 6.92 Å². The lowest BCUT2D eigenvalue weighted by atomic mass is 10.0. The molecule has 0 radical (unpaired) electrons. The number of benzene rings is 1. The summed E-state index contributed by atoms with van der Waals surface area (Å²) >= 11 is 0. The van der Waals surface area contributed by atoms with Crippen molar-refractivity contribution in [3.05, 3.63) is 52.3 Å². The summed E-state index contributed by atoms with van der Waals surface area (Å²) in [5.74, 6) is -0.558. The van der Waals surface area contributed by atoms with E-state index in [9.17, 15) is 14.4 Å². The third-order valence-corrected chi connectivity index (χ3v) is 5.16. The molecular weight excluding hydrogens is 398 g/mol. The lowest BCUT2D eigenvalue weighted by molar-refractivity contribution is 0.0500. The van der Waals surface area contributed by atoms with Crippen LogP contribution in [0.15, 0.2) is 24.3 Å². The van der Waals surface area contributed by atoms with Gasteiger partial charge in [-0.3, -0.25) is 14.3 Å². The number of carbonyl (C=O) groups excluding carboxylic acids is 3. The smallest absolute Gasteiger partial charge is 0.338 e. The number of hydrogen-bond acceptors (Lipinski definition) is 6. The standard InChI is InChI=1S/C23H29N3O5/c1-2-26-21-19(9-4-12-30-13-6-11-24-22(21)28)20(25-26)10-5-14-31-23(29)18-8-3-7-17(15-18)16-27/h3,7-8,15-16H,2,4-6,9-14H2,1H3,(H,24,28). The molecule has 0 saturated carbocycles. The van der Waals surface area contributed by atoms with E-state index in [-0.39, 0.29) is 12.5 Å². The van der Waals surface area contributed by atoms with E-state index in [1.165, 1.54) is 6.07 Å². The first-order chi connectivity index (χ1) is 15.1. The molecule has 0 atom stereocenters. The van der Waals surface area contributed by atoms with Crippen LogP contribution in [0.1, 0.15) is 68.6 Å². The number of aldehydes is 1. The van der Waals surface area contributed by atoms with Crippen molar-refractivity contribution in [2.45, 2.75) is 45.6 Å². The van der Waals surface area contributed by atoms with Crippen LogP contribution in [0.3, 0.4) is 0 Å². The molecule has 0 unspecified atom stereocenters. The lowest BCUT2D eigenvalue weighted by Crippen LogP contribution is -2.28. The number of carbonyl (C=O) groups is 3. The van der Waals surface area contributed by atoms with Gasteiger partial charge < -0.3 is 14.8 Å². The molecule has 1 N–H and O–H groups in total. The van der Waals surface area contributed by atoms with Crippen LogP contribution >= 0.6 is 0 Å². The zero-order valence-electron chi connectivity index (χ0n) is 17.9. The Morgan fingerprint density at radius 2 is 2.16 bits per heavy atom. The van der Waals surface area contributed by atoms with Crippen molar-refractivity contribution >= 4 is 18.2 Å². The third-order valence-electron chi connectivity index (χ3n) is 5.16. The van der Waals surface area contributed by atoms with Gasteiger partial charge in [-0.1, -0.05) is 12.1 Å². The molecule has 0 saturated heterocycles. The Hall–Kier alpha value is -3.00. The Kier molecular flexibility index (Phi) is 8.35. The summed E-state index contributed by atoms with van der Waals surface area (Å²) in [6.07, 6.45) is 4.22. The van der Waals surface area contributed by atoms with Crippen LogP contribution in [0.5, 0.6) is 0 Å². The van der Waals surface area contributed by atoms with Crippen LogP contribution in [-0.2, 0) is 28.9 Å². The first kappa shape index (κ1) is 22.7. The summed E-state index contributed by atoms with van der Waals surface area (Å²) in [6.45, 7) is 4.67. The highest BCUT2D eigenvalue weighted by Crippen LogP contribution is 2.20. The number of ether oxygens (including phenoxy) is 2. The molecule has 0 fully saturated rings. The molecule has 2 heterocycles. The Balaban J connectivity index is 1.65. The second-order valence-electron chi connectivity index (χ2n) is 7.40. The monoisotopic (exact) mass is 427 g/mol. The van der Waals surface area contributed by atoms with Gasteiger partial charge >= 0.3 is 5.97 Å². The van der Waals surface area contributed by atoms with Gasteiger partial charge in [0.15, 0.2) is 0 Å². The zero-order valence-corrected chi connectivity index (χ0v) is 17.9. The zero-order chi connectivity index (χ0) is 22.1. The van der Waals surface area contributed by atoms with Gasteiger partial charge in [0, 0.05) is 37.4 Å². The number of aromatic nitrogens is 2. The van der Waals surface area contributed by atoms with Gasteiger partial charge in [-0.05, 0) is 51.2 Å². The number of rotatable bonds is 7. The number of nitrogens with zero attached hydrogens (tertiary/aromatic N) is 2. The maximum atomic E-state index is 12.8. The fraction of sp³-hybridized carbons (Fsp3) is 0.478. The van der Waals surface area contributed by atoms with Gasteiger partial charge in [-0.15, -0.1) is 0 Å². The van der Waals surface area contributed by atoms with Crippen molar-refractivity contribution in [2.24, 2.45) is 0 Å². The summed E-state index contributed by atoms with van der Waals surface area (Å²) < 4.78 is 12.7. The molecule has 2 aromatic rings. The van der Waals surface area contributed by atoms with Crippen molar-refractivity contribution < 1.29 is 23.9 Å². The minimum Gasteiger partial charge on any atom is -0.462 e. The molecule has 8 nitrogen and oxygen atoms in total. The van der Waals surface area contributed by atoms with Crippen molar-refractivity contribution in [1.29, 1.82) is 0 Å². The molecule has 0 aliphatic carbocycles. The second kappa shape index (κ2) is 11.4. The summed E-state index contributed by atoms with van der Waals surface area (Å²) in [7, 11) is 0. The molecule has 0 spiro atoms. The highest BCUT2D eigenvalue weighted by molar-refractivity contribution is 5.94. The maximum Gasteiger partial charge on any atom is 0.338 e. The Morgan fingerprint density at radius 3 is 2.97 bits per heavy atom. The largest absolute Gasteiger partial charge is 0.462 e. The summed E-state index contributed by atoms with van der Waals surface area (Å²) in [4.78, 5) is 35.8. The number of aryl methyl sites for hydroxylation is 2. The first-order valence-electron chi connectivity index (χ1n) is 10.8. The number of amides is 1. The fourth-order valence-corrected chi connectivity index (χ4v) is 3.63. The quantitative estimate of drug-likeness (QED) is 0.414. The highest BCUT2D eigenvalue weighted by atomic mass is 16.5. The minimum absolute atomic E-state index is 0.0982. The Morgan fingerprint density at radius 1 is 1.32 bits per heavy atom. The van der Waals surface area contributed by atoms with Crippen molar-refractivity contribution in [1.82, 2.24) is 15.1 Å². The molecule has 31 heavy (non-hydrogen) atoms. The molecular formula is C23H29N3O5. The second-order valence-corrected chi connectivity index (χ2v) is 7.40. The molecule has 166 valence electrons. The molecule has 3 rings (SSSR count). The lowest BCUT2D eigenvalue weighted by Gasteiger charge is -2.08. The summed E-state index contributed by atoms with van der Waals surface area (Å²) in [5, 5.41) is 7.62. The van der Waals surface area contributed by atoms with Gasteiger partial charge in [-0.25, -0.2) is 4.79 Å². The SMILES string of the molecule is CCn1nc(CCCOC(=O)c2cccc(C=O)c2)c2c1C(=O)NCCCOCCC2. The van der Waals surface area contributed by atoms with Crippen LogP contribution in [-0.4, -0.2) is 54.3 Å². The van der Waals surface area contributed by atoms with E-state index in [1.54, 1.807) is 22.9 Å². The van der Waals surface area contributed by atoms with Gasteiger partial charge in [0.05, 0.1) is 17.9 Å². The van der Waals surface area contributed by atoms with Gasteiger partial charge in [0.1, 0.15) is 12.0 Å². The Bertz CT molecular complexity index is 922. The average Bonchev–Trinajstić information content (AvgIpc) is 3.13. The first-order valence-corrected chi connectivity index (χ1v) is 10.8. The highest BCUT2D eigenvalue weighted by Gasteiger charge is 2.23. The van der Waals surface area contributed by atoms with Crippen LogP contribution in [0.25, 0.3) is 0 Å². The number of esters is 1. The normalized spacial score (nSPS) is 14.8. The van der Waals surface area contributed by atoms with E-state index in [4.69, 9.17) is 9.47 Å². The summed E-state index contributed by atoms with van der Waals surface area (Å²) in [5.41, 5.74) is 3.23. The van der Waals surface area contributed by atoms with E-state index in [0.29, 0.717) is 62.3 Å². The average molecular weight is 428 g/mol. The fourth-order valence-electron chi connectivity index (χ4n) is 3.63. The van der Waals surface area contributed by atoms with Crippen molar-refractivity contribution in [2.75, 3.05) is 26.4 Å². The van der Waals surface area contributed by atoms with Crippen molar-refractivity contribution in [3.63, 3.8) is 0 Å². The van der Waals surface area contributed by atoms with Gasteiger partial charge in [0.25, 0.3) is 5.91 Å². The van der Waals surface area contributed by atoms with E-state index >= 15 is 0 Å². The summed E-state index contributed by atoms with van der Waals surface area (Å²) in [6, 6.07) is 6.42. The predicted molar refractivity (Wildman–Crippen MR) is 114 cm³/mol. The maximum absolute atomic E-state index is 12.8. The van der Waals surface area contributed by atoms with E-state index in [2.05, 4.69) is 10.4 Å². The van der Waals surface area contributed by atoms with Crippen LogP contribution < -0.4 is 5.32 Å². The van der Waals surface area contributed by atoms with Gasteiger partial charge in [0.2, 0.25) is 0 Å². The third kappa shape index (κ3) is 6.01. The van der Waals surface area contributed by atoms with Gasteiger partial charge in [-0.2, -0.15) is 5.10 Å². The number of fused-ring (bicyclic) bond motifs is 1.